The predicted octanol–water partition coefficient (Wildman–Crippen LogP) is 2.57. The molecular weight excluding hydrogens is 414 g/mol. The Hall–Kier alpha value is -1.87. The third-order valence-electron chi connectivity index (χ3n) is 5.24. The lowest BCUT2D eigenvalue weighted by Crippen LogP contribution is -2.43. The van der Waals surface area contributed by atoms with E-state index in [9.17, 15) is 8.42 Å². The quantitative estimate of drug-likeness (QED) is 0.748. The third kappa shape index (κ3) is 4.83. The van der Waals surface area contributed by atoms with E-state index in [1.54, 1.807) is 30.3 Å². The number of aromatic nitrogens is 1. The number of nitrogens with one attached hydrogen (secondary N) is 1. The van der Waals surface area contributed by atoms with Crippen LogP contribution in [0.25, 0.3) is 0 Å². The molecule has 0 saturated carbocycles. The molecule has 1 N–H and O–H groups in total. The number of pyridine rings is 1. The van der Waals surface area contributed by atoms with E-state index in [4.69, 9.17) is 21.1 Å². The molecule has 1 saturated heterocycles. The Morgan fingerprint density at radius 1 is 1.14 bits per heavy atom. The molecule has 29 heavy (non-hydrogen) atoms. The van der Waals surface area contributed by atoms with Crippen molar-refractivity contribution in [2.75, 3.05) is 32.8 Å². The van der Waals surface area contributed by atoms with Crippen molar-refractivity contribution in [3.05, 3.63) is 47.6 Å². The van der Waals surface area contributed by atoms with E-state index in [0.29, 0.717) is 48.7 Å². The monoisotopic (exact) mass is 437 g/mol. The zero-order chi connectivity index (χ0) is 20.3. The number of halogens is 1. The smallest absolute Gasteiger partial charge is 0.260 e. The average molecular weight is 438 g/mol. The first kappa shape index (κ1) is 20.4. The van der Waals surface area contributed by atoms with E-state index >= 15 is 0 Å². The zero-order valence-corrected chi connectivity index (χ0v) is 17.5. The van der Waals surface area contributed by atoms with Crippen LogP contribution in [0.2, 0.25) is 5.02 Å². The summed E-state index contributed by atoms with van der Waals surface area (Å²) >= 11 is 6.01. The Morgan fingerprint density at radius 3 is 2.72 bits per heavy atom. The molecule has 0 bridgehead atoms. The van der Waals surface area contributed by atoms with E-state index in [1.165, 1.54) is 10.5 Å². The first-order valence-electron chi connectivity index (χ1n) is 9.73. The molecule has 9 heteroatoms. The molecule has 1 aromatic carbocycles. The van der Waals surface area contributed by atoms with Crippen molar-refractivity contribution in [3.63, 3.8) is 0 Å². The van der Waals surface area contributed by atoms with Gasteiger partial charge in [0.05, 0.1) is 0 Å². The minimum atomic E-state index is -3.50. The Morgan fingerprint density at radius 2 is 1.97 bits per heavy atom. The summed E-state index contributed by atoms with van der Waals surface area (Å²) < 4.78 is 38.5. The van der Waals surface area contributed by atoms with Gasteiger partial charge in [-0.2, -0.15) is 4.31 Å². The largest absolute Gasteiger partial charge is 0.486 e. The van der Waals surface area contributed by atoms with Crippen LogP contribution in [0.4, 0.5) is 0 Å². The number of fused-ring (bicyclic) bond motifs is 1. The molecule has 0 aliphatic carbocycles. The Labute approximate surface area is 176 Å². The molecule has 4 rings (SSSR count). The maximum atomic E-state index is 12.6. The van der Waals surface area contributed by atoms with Crippen LogP contribution in [0.15, 0.2) is 47.6 Å². The Balaban J connectivity index is 1.22. The molecule has 0 radical (unpaired) electrons. The van der Waals surface area contributed by atoms with Crippen LogP contribution in [0.5, 0.6) is 11.5 Å². The number of benzene rings is 1. The fourth-order valence-electron chi connectivity index (χ4n) is 3.62. The number of piperidine rings is 1. The number of hydrogen-bond donors (Lipinski definition) is 1. The zero-order valence-electron chi connectivity index (χ0n) is 16.0. The fraction of sp³-hybridized carbons (Fsp3) is 0.450. The van der Waals surface area contributed by atoms with Gasteiger partial charge in [0.2, 0.25) is 0 Å². The highest BCUT2D eigenvalue weighted by Crippen LogP contribution is 2.34. The van der Waals surface area contributed by atoms with Crippen LogP contribution < -0.4 is 14.8 Å². The van der Waals surface area contributed by atoms with Gasteiger partial charge < -0.3 is 14.8 Å². The SMILES string of the molecule is O=S(=O)(c1ccccn1)N1CCC(CNC[C@H]2COc3ccc(Cl)cc3O2)CC1. The minimum absolute atomic E-state index is 0.0782. The van der Waals surface area contributed by atoms with E-state index in [-0.39, 0.29) is 11.1 Å². The number of ether oxygens (including phenoxy) is 2. The van der Waals surface area contributed by atoms with Crippen molar-refractivity contribution >= 4 is 21.6 Å². The number of rotatable bonds is 6. The molecular formula is C20H24ClN3O4S. The molecule has 2 aromatic rings. The Bertz CT molecular complexity index is 934. The number of hydrogen-bond acceptors (Lipinski definition) is 6. The Kier molecular flexibility index (Phi) is 6.24. The van der Waals surface area contributed by atoms with Gasteiger partial charge in [-0.05, 0) is 49.6 Å². The van der Waals surface area contributed by atoms with Crippen molar-refractivity contribution in [3.8, 4) is 11.5 Å². The van der Waals surface area contributed by atoms with Gasteiger partial charge in [-0.15, -0.1) is 0 Å². The molecule has 156 valence electrons. The van der Waals surface area contributed by atoms with Crippen LogP contribution in [-0.2, 0) is 10.0 Å². The highest BCUT2D eigenvalue weighted by atomic mass is 35.5. The van der Waals surface area contributed by atoms with Crippen molar-refractivity contribution < 1.29 is 17.9 Å². The van der Waals surface area contributed by atoms with Gasteiger partial charge in [-0.3, -0.25) is 0 Å². The first-order chi connectivity index (χ1) is 14.0. The lowest BCUT2D eigenvalue weighted by Gasteiger charge is -2.32. The molecule has 7 nitrogen and oxygen atoms in total. The second-order valence-electron chi connectivity index (χ2n) is 7.32. The van der Waals surface area contributed by atoms with Crippen molar-refractivity contribution in [1.82, 2.24) is 14.6 Å². The summed E-state index contributed by atoms with van der Waals surface area (Å²) in [5, 5.41) is 4.17. The molecule has 1 fully saturated rings. The number of nitrogens with zero attached hydrogens (tertiary/aromatic N) is 2. The molecule has 1 atom stereocenters. The minimum Gasteiger partial charge on any atom is -0.486 e. The van der Waals surface area contributed by atoms with Crippen LogP contribution in [0.3, 0.4) is 0 Å². The first-order valence-corrected chi connectivity index (χ1v) is 11.5. The van der Waals surface area contributed by atoms with E-state index in [2.05, 4.69) is 10.3 Å². The van der Waals surface area contributed by atoms with Crippen LogP contribution >= 0.6 is 11.6 Å². The van der Waals surface area contributed by atoms with Crippen LogP contribution in [0.1, 0.15) is 12.8 Å². The third-order valence-corrected chi connectivity index (χ3v) is 7.29. The summed E-state index contributed by atoms with van der Waals surface area (Å²) in [6, 6.07) is 10.3. The van der Waals surface area contributed by atoms with Gasteiger partial charge >= 0.3 is 0 Å². The van der Waals surface area contributed by atoms with Gasteiger partial charge in [-0.1, -0.05) is 17.7 Å². The van der Waals surface area contributed by atoms with Gasteiger partial charge in [0.1, 0.15) is 12.7 Å². The molecule has 2 aliphatic rings. The average Bonchev–Trinajstić information content (AvgIpc) is 2.74. The standard InChI is InChI=1S/C20H24ClN3O4S/c21-16-4-5-18-19(11-16)28-17(14-27-18)13-22-12-15-6-9-24(10-7-15)29(25,26)20-3-1-2-8-23-20/h1-5,8,11,15,17,22H,6-7,9-10,12-14H2/t17-/m0/s1. The highest BCUT2D eigenvalue weighted by Gasteiger charge is 2.30. The molecule has 3 heterocycles. The molecule has 0 spiro atoms. The summed E-state index contributed by atoms with van der Waals surface area (Å²) in [5.74, 6) is 1.81. The second-order valence-corrected chi connectivity index (χ2v) is 9.64. The van der Waals surface area contributed by atoms with Gasteiger partial charge in [0.15, 0.2) is 16.5 Å². The van der Waals surface area contributed by atoms with E-state index in [1.807, 2.05) is 6.07 Å². The van der Waals surface area contributed by atoms with E-state index in [0.717, 1.165) is 19.4 Å². The van der Waals surface area contributed by atoms with Crippen LogP contribution in [-0.4, -0.2) is 56.6 Å². The molecule has 0 unspecified atom stereocenters. The second kappa shape index (κ2) is 8.87. The lowest BCUT2D eigenvalue weighted by atomic mass is 9.98. The number of sulfonamides is 1. The fourth-order valence-corrected chi connectivity index (χ4v) is 5.19. The summed E-state index contributed by atoms with van der Waals surface area (Å²) in [7, 11) is -3.50. The molecule has 2 aliphatic heterocycles. The molecule has 1 aromatic heterocycles. The van der Waals surface area contributed by atoms with E-state index < -0.39 is 10.0 Å². The molecule has 0 amide bonds. The van der Waals surface area contributed by atoms with Crippen molar-refractivity contribution in [1.29, 1.82) is 0 Å². The van der Waals surface area contributed by atoms with Crippen LogP contribution in [0, 0.1) is 5.92 Å². The normalized spacial score (nSPS) is 20.5. The predicted molar refractivity (Wildman–Crippen MR) is 110 cm³/mol. The van der Waals surface area contributed by atoms with Crippen molar-refractivity contribution in [2.45, 2.75) is 24.0 Å². The summed E-state index contributed by atoms with van der Waals surface area (Å²) in [4.78, 5) is 3.99. The summed E-state index contributed by atoms with van der Waals surface area (Å²) in [5.41, 5.74) is 0. The highest BCUT2D eigenvalue weighted by molar-refractivity contribution is 7.89. The van der Waals surface area contributed by atoms with Gasteiger partial charge in [-0.25, -0.2) is 13.4 Å². The van der Waals surface area contributed by atoms with Crippen molar-refractivity contribution in [2.24, 2.45) is 5.92 Å². The van der Waals surface area contributed by atoms with Gasteiger partial charge in [0.25, 0.3) is 10.0 Å². The maximum absolute atomic E-state index is 12.6. The lowest BCUT2D eigenvalue weighted by molar-refractivity contribution is 0.0890. The summed E-state index contributed by atoms with van der Waals surface area (Å²) in [6.45, 7) is 3.00. The van der Waals surface area contributed by atoms with Gasteiger partial charge in [0, 0.05) is 36.9 Å². The topological polar surface area (TPSA) is 80.8 Å². The maximum Gasteiger partial charge on any atom is 0.260 e. The summed E-state index contributed by atoms with van der Waals surface area (Å²) in [6.07, 6.45) is 3.07.